The van der Waals surface area contributed by atoms with Crippen molar-refractivity contribution in [2.45, 2.75) is 111 Å². The smallest absolute Gasteiger partial charge is 0.450 e. The van der Waals surface area contributed by atoms with Crippen LogP contribution < -0.4 is 0 Å². The van der Waals surface area contributed by atoms with Gasteiger partial charge in [0.1, 0.15) is 6.61 Å². The lowest BCUT2D eigenvalue weighted by Crippen LogP contribution is -2.71. The molecule has 5 aliphatic rings. The van der Waals surface area contributed by atoms with Crippen LogP contribution >= 0.6 is 0 Å². The van der Waals surface area contributed by atoms with E-state index in [9.17, 15) is 30.3 Å². The zero-order chi connectivity index (χ0) is 28.1. The van der Waals surface area contributed by atoms with Gasteiger partial charge in [-0.3, -0.25) is 0 Å². The topological polar surface area (TPSA) is 127 Å². The van der Waals surface area contributed by atoms with Gasteiger partial charge < -0.3 is 30.3 Å². The maximum Gasteiger partial charge on any atom is 0.505 e. The lowest BCUT2D eigenvalue weighted by molar-refractivity contribution is -0.274. The standard InChI is InChI=1S/C31H50O7/c1-26(2)9-11-31(16-32)12-10-29(5)18(19(31)13-26)7-8-22-27(3)14-21(34)24(35)28(4,17-38-25(36)37)23(27)20(33)15-30(22,29)6/h7,19-24,32-35H,8-17H2,1-6H3,(H,36,37)/t19-,20-,21+,22-,23?,24+,27-,28?,29-,30-,31-/m1/s1. The minimum Gasteiger partial charge on any atom is -0.450 e. The van der Waals surface area contributed by atoms with Crippen LogP contribution in [0.1, 0.15) is 92.9 Å². The summed E-state index contributed by atoms with van der Waals surface area (Å²) in [6.45, 7) is 13.3. The highest BCUT2D eigenvalue weighted by molar-refractivity contribution is 5.56. The molecule has 7 heteroatoms. The Hall–Kier alpha value is -1.15. The van der Waals surface area contributed by atoms with E-state index in [0.29, 0.717) is 18.8 Å². The monoisotopic (exact) mass is 534 g/mol. The van der Waals surface area contributed by atoms with Gasteiger partial charge in [-0.2, -0.15) is 0 Å². The highest BCUT2D eigenvalue weighted by Gasteiger charge is 2.72. The Morgan fingerprint density at radius 1 is 0.947 bits per heavy atom. The number of ether oxygens (including phenoxy) is 1. The Bertz CT molecular complexity index is 1010. The van der Waals surface area contributed by atoms with E-state index in [4.69, 9.17) is 4.74 Å². The fraction of sp³-hybridized carbons (Fsp3) is 0.903. The van der Waals surface area contributed by atoms with Crippen LogP contribution in [0.25, 0.3) is 0 Å². The fourth-order valence-electron chi connectivity index (χ4n) is 11.2. The first-order valence-corrected chi connectivity index (χ1v) is 14.7. The summed E-state index contributed by atoms with van der Waals surface area (Å²) in [6, 6.07) is 0. The number of fused-ring (bicyclic) bond motifs is 7. The number of carboxylic acid groups (broad SMARTS) is 1. The molecule has 0 bridgehead atoms. The molecule has 5 aliphatic carbocycles. The average molecular weight is 535 g/mol. The van der Waals surface area contributed by atoms with Gasteiger partial charge in [0.25, 0.3) is 0 Å². The molecule has 5 N–H and O–H groups in total. The third-order valence-electron chi connectivity index (χ3n) is 13.3. The third-order valence-corrected chi connectivity index (χ3v) is 13.3. The van der Waals surface area contributed by atoms with Crippen LogP contribution in [0.4, 0.5) is 4.79 Å². The Morgan fingerprint density at radius 2 is 1.61 bits per heavy atom. The molecule has 2 unspecified atom stereocenters. The molecule has 0 aliphatic heterocycles. The maximum absolute atomic E-state index is 11.9. The van der Waals surface area contributed by atoms with Crippen LogP contribution in [0.2, 0.25) is 0 Å². The van der Waals surface area contributed by atoms with Crippen LogP contribution in [-0.2, 0) is 4.74 Å². The minimum absolute atomic E-state index is 0.0678. The second-order valence-corrected chi connectivity index (χ2v) is 15.7. The zero-order valence-corrected chi connectivity index (χ0v) is 24.2. The van der Waals surface area contributed by atoms with E-state index in [1.54, 1.807) is 6.92 Å². The van der Waals surface area contributed by atoms with Crippen molar-refractivity contribution >= 4 is 6.16 Å². The van der Waals surface area contributed by atoms with Gasteiger partial charge in [-0.05, 0) is 84.9 Å². The highest BCUT2D eigenvalue weighted by atomic mass is 16.7. The molecule has 0 heterocycles. The van der Waals surface area contributed by atoms with Gasteiger partial charge in [-0.15, -0.1) is 0 Å². The Balaban J connectivity index is 1.60. The summed E-state index contributed by atoms with van der Waals surface area (Å²) >= 11 is 0. The number of aliphatic hydroxyl groups is 4. The first-order valence-electron chi connectivity index (χ1n) is 14.7. The van der Waals surface area contributed by atoms with Crippen molar-refractivity contribution in [2.75, 3.05) is 13.2 Å². The van der Waals surface area contributed by atoms with Crippen LogP contribution in [0, 0.1) is 50.2 Å². The van der Waals surface area contributed by atoms with E-state index in [-0.39, 0.29) is 40.8 Å². The van der Waals surface area contributed by atoms with E-state index >= 15 is 0 Å². The van der Waals surface area contributed by atoms with Gasteiger partial charge in [0, 0.05) is 23.4 Å². The molecule has 0 radical (unpaired) electrons. The summed E-state index contributed by atoms with van der Waals surface area (Å²) < 4.78 is 5.01. The third kappa shape index (κ3) is 3.63. The van der Waals surface area contributed by atoms with Crippen molar-refractivity contribution in [3.05, 3.63) is 11.6 Å². The second-order valence-electron chi connectivity index (χ2n) is 15.7. The second kappa shape index (κ2) is 8.67. The van der Waals surface area contributed by atoms with E-state index in [1.165, 1.54) is 5.57 Å². The van der Waals surface area contributed by atoms with Crippen LogP contribution in [0.5, 0.6) is 0 Å². The summed E-state index contributed by atoms with van der Waals surface area (Å²) in [5, 5.41) is 54.2. The fourth-order valence-corrected chi connectivity index (χ4v) is 11.2. The van der Waals surface area contributed by atoms with Crippen molar-refractivity contribution in [1.29, 1.82) is 0 Å². The number of carbonyl (C=O) groups is 1. The van der Waals surface area contributed by atoms with Gasteiger partial charge in [0.05, 0.1) is 18.3 Å². The van der Waals surface area contributed by atoms with E-state index in [1.807, 2.05) is 0 Å². The summed E-state index contributed by atoms with van der Waals surface area (Å²) in [4.78, 5) is 11.3. The largest absolute Gasteiger partial charge is 0.505 e. The van der Waals surface area contributed by atoms with Gasteiger partial charge in [-0.25, -0.2) is 4.79 Å². The molecule has 216 valence electrons. The minimum atomic E-state index is -1.42. The Morgan fingerprint density at radius 3 is 2.24 bits per heavy atom. The normalized spacial score (nSPS) is 53.5. The molecular weight excluding hydrogens is 484 g/mol. The molecule has 5 rings (SSSR count). The first kappa shape index (κ1) is 28.4. The molecule has 0 saturated heterocycles. The van der Waals surface area contributed by atoms with Crippen molar-refractivity contribution in [3.8, 4) is 0 Å². The summed E-state index contributed by atoms with van der Waals surface area (Å²) in [5.74, 6) is 0.0447. The molecule has 4 fully saturated rings. The molecule has 11 atom stereocenters. The number of hydrogen-bond donors (Lipinski definition) is 5. The van der Waals surface area contributed by atoms with Crippen molar-refractivity contribution < 1.29 is 35.1 Å². The number of allylic oxidation sites excluding steroid dienone is 2. The molecule has 0 aromatic rings. The molecule has 4 saturated carbocycles. The Labute approximate surface area is 227 Å². The predicted molar refractivity (Wildman–Crippen MR) is 143 cm³/mol. The lowest BCUT2D eigenvalue weighted by atomic mass is 9.33. The van der Waals surface area contributed by atoms with E-state index in [0.717, 1.165) is 38.5 Å². The van der Waals surface area contributed by atoms with Gasteiger partial charge >= 0.3 is 6.16 Å². The quantitative estimate of drug-likeness (QED) is 0.261. The number of aliphatic hydroxyl groups excluding tert-OH is 4. The Kier molecular flexibility index (Phi) is 6.48. The molecule has 38 heavy (non-hydrogen) atoms. The van der Waals surface area contributed by atoms with Gasteiger partial charge in [-0.1, -0.05) is 53.2 Å². The van der Waals surface area contributed by atoms with Crippen molar-refractivity contribution in [3.63, 3.8) is 0 Å². The molecule has 0 aromatic carbocycles. The SMILES string of the molecule is CC1(C)CC[C@]2(CO)CC[C@]3(C)C(=CC[C@@H]4[C@@]5(C)C[C@H](O)[C@H](O)C(C)(COC(=O)O)C5[C@H](O)C[C@]43C)[C@H]2C1. The first-order chi connectivity index (χ1) is 17.5. The number of rotatable bonds is 3. The predicted octanol–water partition coefficient (Wildman–Crippen LogP) is 4.76. The lowest BCUT2D eigenvalue weighted by Gasteiger charge is -2.72. The molecule has 7 nitrogen and oxygen atoms in total. The molecule has 0 aromatic heterocycles. The van der Waals surface area contributed by atoms with Crippen molar-refractivity contribution in [2.24, 2.45) is 50.2 Å². The number of hydrogen-bond acceptors (Lipinski definition) is 6. The van der Waals surface area contributed by atoms with Crippen LogP contribution in [0.3, 0.4) is 0 Å². The summed E-state index contributed by atoms with van der Waals surface area (Å²) in [5.41, 5.74) is -0.419. The molecule has 0 amide bonds. The van der Waals surface area contributed by atoms with E-state index < -0.39 is 41.2 Å². The van der Waals surface area contributed by atoms with Gasteiger partial charge in [0.2, 0.25) is 0 Å². The molecular formula is C31H50O7. The average Bonchev–Trinajstić information content (AvgIpc) is 2.81. The maximum atomic E-state index is 11.9. The van der Waals surface area contributed by atoms with Crippen LogP contribution in [-0.4, -0.2) is 63.2 Å². The zero-order valence-electron chi connectivity index (χ0n) is 24.2. The molecule has 0 spiro atoms. The van der Waals surface area contributed by atoms with E-state index in [2.05, 4.69) is 40.7 Å². The summed E-state index contributed by atoms with van der Waals surface area (Å²) in [6.07, 6.45) is 4.95. The van der Waals surface area contributed by atoms with Gasteiger partial charge in [0.15, 0.2) is 0 Å². The highest BCUT2D eigenvalue weighted by Crippen LogP contribution is 2.75. The van der Waals surface area contributed by atoms with Crippen molar-refractivity contribution in [1.82, 2.24) is 0 Å². The summed E-state index contributed by atoms with van der Waals surface area (Å²) in [7, 11) is 0. The van der Waals surface area contributed by atoms with Crippen LogP contribution in [0.15, 0.2) is 11.6 Å².